The van der Waals surface area contributed by atoms with Crippen LogP contribution >= 0.6 is 0 Å². The largest absolute Gasteiger partial charge is 0.485 e. The van der Waals surface area contributed by atoms with E-state index in [1.807, 2.05) is 54.6 Å². The van der Waals surface area contributed by atoms with Gasteiger partial charge in [0.05, 0.1) is 11.0 Å². The molecule has 7 heteroatoms. The average Bonchev–Trinajstić information content (AvgIpc) is 3.20. The monoisotopic (exact) mass is 336 g/mol. The summed E-state index contributed by atoms with van der Waals surface area (Å²) in [7, 11) is 1.74. The van der Waals surface area contributed by atoms with Crippen molar-refractivity contribution in [3.63, 3.8) is 0 Å². The van der Waals surface area contributed by atoms with E-state index in [2.05, 4.69) is 10.1 Å². The molecule has 0 fully saturated rings. The van der Waals surface area contributed by atoms with Crippen molar-refractivity contribution in [2.45, 2.75) is 13.2 Å². The third-order valence-corrected chi connectivity index (χ3v) is 3.97. The number of aromatic nitrogens is 4. The Morgan fingerprint density at radius 1 is 1.04 bits per heavy atom. The van der Waals surface area contributed by atoms with Gasteiger partial charge < -0.3 is 9.26 Å². The van der Waals surface area contributed by atoms with Gasteiger partial charge in [-0.15, -0.1) is 0 Å². The van der Waals surface area contributed by atoms with E-state index in [0.717, 1.165) is 16.8 Å². The Labute approximate surface area is 143 Å². The Morgan fingerprint density at radius 2 is 1.76 bits per heavy atom. The zero-order valence-corrected chi connectivity index (χ0v) is 13.6. The van der Waals surface area contributed by atoms with Crippen LogP contribution in [0.25, 0.3) is 11.0 Å². The molecule has 0 saturated carbocycles. The maximum Gasteiger partial charge on any atom is 0.329 e. The molecular formula is C18H16N4O3. The van der Waals surface area contributed by atoms with Gasteiger partial charge in [0.1, 0.15) is 12.3 Å². The molecule has 0 aliphatic rings. The first-order chi connectivity index (χ1) is 12.2. The SMILES string of the molecule is Cn1c(=O)n(Cc2nc(COc3ccccc3)no2)c2ccccc21. The van der Waals surface area contributed by atoms with E-state index in [1.165, 1.54) is 0 Å². The zero-order valence-electron chi connectivity index (χ0n) is 13.6. The molecule has 0 N–H and O–H groups in total. The molecule has 0 unspecified atom stereocenters. The highest BCUT2D eigenvalue weighted by molar-refractivity contribution is 5.75. The first-order valence-electron chi connectivity index (χ1n) is 7.86. The molecule has 0 atom stereocenters. The van der Waals surface area contributed by atoms with Crippen LogP contribution in [-0.2, 0) is 20.2 Å². The van der Waals surface area contributed by atoms with Crippen LogP contribution in [0.3, 0.4) is 0 Å². The van der Waals surface area contributed by atoms with Crippen LogP contribution in [0.2, 0.25) is 0 Å². The number of hydrogen-bond acceptors (Lipinski definition) is 5. The van der Waals surface area contributed by atoms with Crippen molar-refractivity contribution >= 4 is 11.0 Å². The highest BCUT2D eigenvalue weighted by atomic mass is 16.5. The van der Waals surface area contributed by atoms with Crippen molar-refractivity contribution < 1.29 is 9.26 Å². The summed E-state index contributed by atoms with van der Waals surface area (Å²) in [6, 6.07) is 17.0. The van der Waals surface area contributed by atoms with Crippen LogP contribution in [0.5, 0.6) is 5.75 Å². The van der Waals surface area contributed by atoms with Gasteiger partial charge in [0.25, 0.3) is 0 Å². The topological polar surface area (TPSA) is 75.1 Å². The Balaban J connectivity index is 1.54. The number of imidazole rings is 1. The fourth-order valence-electron chi connectivity index (χ4n) is 2.73. The summed E-state index contributed by atoms with van der Waals surface area (Å²) in [5.74, 6) is 1.54. The van der Waals surface area contributed by atoms with Gasteiger partial charge in [0, 0.05) is 7.05 Å². The summed E-state index contributed by atoms with van der Waals surface area (Å²) in [5, 5.41) is 3.91. The normalized spacial score (nSPS) is 11.1. The van der Waals surface area contributed by atoms with Crippen LogP contribution in [0.4, 0.5) is 0 Å². The highest BCUT2D eigenvalue weighted by Gasteiger charge is 2.14. The third-order valence-electron chi connectivity index (χ3n) is 3.97. The number of nitrogens with zero attached hydrogens (tertiary/aromatic N) is 4. The molecule has 4 aromatic rings. The Kier molecular flexibility index (Phi) is 3.81. The lowest BCUT2D eigenvalue weighted by Gasteiger charge is -2.01. The minimum Gasteiger partial charge on any atom is -0.485 e. The van der Waals surface area contributed by atoms with Crippen molar-refractivity contribution in [2.24, 2.45) is 7.05 Å². The van der Waals surface area contributed by atoms with Gasteiger partial charge in [-0.2, -0.15) is 4.98 Å². The van der Waals surface area contributed by atoms with Crippen LogP contribution in [0, 0.1) is 0 Å². The highest BCUT2D eigenvalue weighted by Crippen LogP contribution is 2.14. The maximum absolute atomic E-state index is 12.4. The van der Waals surface area contributed by atoms with Gasteiger partial charge >= 0.3 is 5.69 Å². The van der Waals surface area contributed by atoms with Crippen LogP contribution in [-0.4, -0.2) is 19.3 Å². The smallest absolute Gasteiger partial charge is 0.329 e. The van der Waals surface area contributed by atoms with E-state index in [9.17, 15) is 4.79 Å². The van der Waals surface area contributed by atoms with Crippen molar-refractivity contribution in [3.8, 4) is 5.75 Å². The lowest BCUT2D eigenvalue weighted by atomic mass is 10.3. The van der Waals surface area contributed by atoms with Crippen molar-refractivity contribution in [3.05, 3.63) is 76.8 Å². The molecule has 0 amide bonds. The molecule has 7 nitrogen and oxygen atoms in total. The summed E-state index contributed by atoms with van der Waals surface area (Å²) in [6.45, 7) is 0.427. The molecule has 2 heterocycles. The summed E-state index contributed by atoms with van der Waals surface area (Å²) >= 11 is 0. The summed E-state index contributed by atoms with van der Waals surface area (Å²) in [5.41, 5.74) is 1.57. The van der Waals surface area contributed by atoms with Gasteiger partial charge in [-0.25, -0.2) is 4.79 Å². The molecule has 0 radical (unpaired) electrons. The van der Waals surface area contributed by atoms with Crippen LogP contribution < -0.4 is 10.4 Å². The Hall–Kier alpha value is -3.35. The van der Waals surface area contributed by atoms with E-state index in [1.54, 1.807) is 16.2 Å². The molecule has 0 bridgehead atoms. The molecule has 25 heavy (non-hydrogen) atoms. The lowest BCUT2D eigenvalue weighted by Crippen LogP contribution is -2.22. The minimum atomic E-state index is -0.124. The number of aryl methyl sites for hydroxylation is 1. The summed E-state index contributed by atoms with van der Waals surface area (Å²) in [4.78, 5) is 16.7. The van der Waals surface area contributed by atoms with E-state index in [4.69, 9.17) is 9.26 Å². The van der Waals surface area contributed by atoms with E-state index < -0.39 is 0 Å². The van der Waals surface area contributed by atoms with E-state index in [0.29, 0.717) is 11.7 Å². The predicted octanol–water partition coefficient (Wildman–Crippen LogP) is 2.35. The van der Waals surface area contributed by atoms with Crippen LogP contribution in [0.15, 0.2) is 63.9 Å². The number of benzene rings is 2. The van der Waals surface area contributed by atoms with Gasteiger partial charge in [0.2, 0.25) is 11.7 Å². The van der Waals surface area contributed by atoms with Gasteiger partial charge in [-0.1, -0.05) is 35.5 Å². The zero-order chi connectivity index (χ0) is 17.2. The van der Waals surface area contributed by atoms with Gasteiger partial charge in [0.15, 0.2) is 6.61 Å². The van der Waals surface area contributed by atoms with Gasteiger partial charge in [-0.3, -0.25) is 9.13 Å². The lowest BCUT2D eigenvalue weighted by molar-refractivity contribution is 0.285. The first kappa shape index (κ1) is 15.2. The van der Waals surface area contributed by atoms with Crippen molar-refractivity contribution in [2.75, 3.05) is 0 Å². The number of ether oxygens (including phenoxy) is 1. The maximum atomic E-state index is 12.4. The fraction of sp³-hybridized carbons (Fsp3) is 0.167. The molecule has 0 spiro atoms. The molecule has 0 aliphatic carbocycles. The second-order valence-corrected chi connectivity index (χ2v) is 5.62. The Bertz CT molecular complexity index is 1060. The average molecular weight is 336 g/mol. The summed E-state index contributed by atoms with van der Waals surface area (Å²) < 4.78 is 14.1. The number of para-hydroxylation sites is 3. The quantitative estimate of drug-likeness (QED) is 0.559. The van der Waals surface area contributed by atoms with E-state index in [-0.39, 0.29) is 18.8 Å². The predicted molar refractivity (Wildman–Crippen MR) is 91.4 cm³/mol. The Morgan fingerprint density at radius 3 is 2.56 bits per heavy atom. The molecule has 126 valence electrons. The second-order valence-electron chi connectivity index (χ2n) is 5.62. The molecule has 0 aliphatic heterocycles. The molecule has 0 saturated heterocycles. The van der Waals surface area contributed by atoms with Crippen molar-refractivity contribution in [1.82, 2.24) is 19.3 Å². The summed E-state index contributed by atoms with van der Waals surface area (Å²) in [6.07, 6.45) is 0. The molecule has 4 rings (SSSR count). The van der Waals surface area contributed by atoms with Gasteiger partial charge in [-0.05, 0) is 24.3 Å². The van der Waals surface area contributed by atoms with Crippen molar-refractivity contribution in [1.29, 1.82) is 0 Å². The second kappa shape index (κ2) is 6.27. The van der Waals surface area contributed by atoms with E-state index >= 15 is 0 Å². The standard InChI is InChI=1S/C18H16N4O3/c1-21-14-9-5-6-10-15(14)22(18(21)23)11-17-19-16(20-25-17)12-24-13-7-3-2-4-8-13/h2-10H,11-12H2,1H3. The number of hydrogen-bond donors (Lipinski definition) is 0. The number of rotatable bonds is 5. The fourth-order valence-corrected chi connectivity index (χ4v) is 2.73. The first-order valence-corrected chi connectivity index (χ1v) is 7.86. The minimum absolute atomic E-state index is 0.124. The number of fused-ring (bicyclic) bond motifs is 1. The molecular weight excluding hydrogens is 320 g/mol. The molecule has 2 aromatic heterocycles. The molecule has 2 aromatic carbocycles. The third kappa shape index (κ3) is 2.91. The van der Waals surface area contributed by atoms with Crippen LogP contribution in [0.1, 0.15) is 11.7 Å².